The van der Waals surface area contributed by atoms with Crippen molar-refractivity contribution in [3.05, 3.63) is 59.1 Å². The van der Waals surface area contributed by atoms with Gasteiger partial charge in [0.05, 0.1) is 23.5 Å². The number of ether oxygens (including phenoxy) is 2. The molecule has 1 saturated heterocycles. The predicted octanol–water partition coefficient (Wildman–Crippen LogP) is 2.62. The van der Waals surface area contributed by atoms with Gasteiger partial charge in [-0.15, -0.1) is 0 Å². The SMILES string of the molecule is O=C1OCC23C1=C[C@H]1C[C@@]24C=CC2=C([C@@H](c5ccoc5)OC2=O)[C@@]34C1. The lowest BCUT2D eigenvalue weighted by Gasteiger charge is -2.31. The normalized spacial score (nSPS) is 47.1. The minimum absolute atomic E-state index is 0.101. The Balaban J connectivity index is 1.53. The molecule has 3 spiro atoms. The molecular weight excluding hydrogens is 320 g/mol. The second-order valence-electron chi connectivity index (χ2n) is 8.11. The first kappa shape index (κ1) is 12.8. The fraction of sp³-hybridized carbons (Fsp3) is 0.400. The van der Waals surface area contributed by atoms with Crippen LogP contribution in [0.2, 0.25) is 0 Å². The Morgan fingerprint density at radius 1 is 1.12 bits per heavy atom. The van der Waals surface area contributed by atoms with Crippen LogP contribution in [0.25, 0.3) is 0 Å². The van der Waals surface area contributed by atoms with Gasteiger partial charge in [0.2, 0.25) is 0 Å². The van der Waals surface area contributed by atoms with Crippen LogP contribution in [0.1, 0.15) is 24.5 Å². The fourth-order valence-corrected chi connectivity index (χ4v) is 7.08. The van der Waals surface area contributed by atoms with E-state index in [2.05, 4.69) is 12.2 Å². The summed E-state index contributed by atoms with van der Waals surface area (Å²) in [7, 11) is 0. The van der Waals surface area contributed by atoms with Crippen molar-refractivity contribution in [3.8, 4) is 0 Å². The Morgan fingerprint density at radius 2 is 2.04 bits per heavy atom. The third-order valence-corrected chi connectivity index (χ3v) is 7.68. The number of esters is 2. The maximum atomic E-state index is 12.5. The van der Waals surface area contributed by atoms with Crippen molar-refractivity contribution in [3.63, 3.8) is 0 Å². The Morgan fingerprint density at radius 3 is 2.88 bits per heavy atom. The van der Waals surface area contributed by atoms with Crippen LogP contribution in [0.15, 0.2) is 58.0 Å². The van der Waals surface area contributed by atoms with Crippen LogP contribution in [0.3, 0.4) is 0 Å². The third-order valence-electron chi connectivity index (χ3n) is 7.68. The highest BCUT2D eigenvalue weighted by molar-refractivity contribution is 6.01. The molecule has 0 amide bonds. The summed E-state index contributed by atoms with van der Waals surface area (Å²) in [5.74, 6) is -0.0970. The highest BCUT2D eigenvalue weighted by Gasteiger charge is 2.95. The average molecular weight is 334 g/mol. The quantitative estimate of drug-likeness (QED) is 0.739. The molecule has 5 aliphatic carbocycles. The van der Waals surface area contributed by atoms with Crippen molar-refractivity contribution >= 4 is 11.9 Å². The van der Waals surface area contributed by atoms with Crippen LogP contribution in [0.4, 0.5) is 0 Å². The van der Waals surface area contributed by atoms with Gasteiger partial charge in [-0.25, -0.2) is 9.59 Å². The monoisotopic (exact) mass is 334 g/mol. The van der Waals surface area contributed by atoms with E-state index in [1.54, 1.807) is 12.5 Å². The van der Waals surface area contributed by atoms with Crippen molar-refractivity contribution in [1.29, 1.82) is 0 Å². The van der Waals surface area contributed by atoms with Crippen molar-refractivity contribution < 1.29 is 23.5 Å². The van der Waals surface area contributed by atoms with Crippen LogP contribution in [-0.4, -0.2) is 18.5 Å². The first-order chi connectivity index (χ1) is 12.1. The number of hydrogen-bond donors (Lipinski definition) is 0. The number of rotatable bonds is 1. The molecule has 2 aliphatic heterocycles. The smallest absolute Gasteiger partial charge is 0.339 e. The molecule has 1 aromatic heterocycles. The third kappa shape index (κ3) is 0.969. The zero-order chi connectivity index (χ0) is 16.6. The summed E-state index contributed by atoms with van der Waals surface area (Å²) in [5, 5.41) is 0. The van der Waals surface area contributed by atoms with Gasteiger partial charge in [-0.1, -0.05) is 18.2 Å². The van der Waals surface area contributed by atoms with E-state index >= 15 is 0 Å². The number of carbonyl (C=O) groups is 2. The minimum atomic E-state index is -0.418. The molecule has 5 atom stereocenters. The van der Waals surface area contributed by atoms with Crippen LogP contribution >= 0.6 is 0 Å². The standard InChI is InChI=1S/C20H14O5/c21-16-12-1-3-18-6-10-5-13-17(22)24-9-20(13,18)19(18,7-10)14(12)15(25-16)11-2-4-23-8-11/h1-5,8,10,15H,6-7,9H2/t10-,15+,18+,19+,20?/m0/s1. The maximum absolute atomic E-state index is 12.5. The lowest BCUT2D eigenvalue weighted by Crippen LogP contribution is -2.28. The van der Waals surface area contributed by atoms with Crippen molar-refractivity contribution in [2.75, 3.05) is 6.61 Å². The van der Waals surface area contributed by atoms with Crippen molar-refractivity contribution in [2.24, 2.45) is 22.2 Å². The van der Waals surface area contributed by atoms with Gasteiger partial charge in [-0.3, -0.25) is 0 Å². The molecule has 3 heterocycles. The average Bonchev–Trinajstić information content (AvgIpc) is 3.20. The van der Waals surface area contributed by atoms with Crippen LogP contribution in [0.5, 0.6) is 0 Å². The molecule has 1 aromatic rings. The highest BCUT2D eigenvalue weighted by atomic mass is 16.6. The fourth-order valence-electron chi connectivity index (χ4n) is 7.08. The Bertz CT molecular complexity index is 995. The van der Waals surface area contributed by atoms with Crippen LogP contribution in [-0.2, 0) is 19.1 Å². The second kappa shape index (κ2) is 3.39. The molecule has 0 radical (unpaired) electrons. The van der Waals surface area contributed by atoms with E-state index < -0.39 is 6.10 Å². The van der Waals surface area contributed by atoms with Crippen molar-refractivity contribution in [1.82, 2.24) is 0 Å². The van der Waals surface area contributed by atoms with Gasteiger partial charge in [0.15, 0.2) is 6.10 Å². The lowest BCUT2D eigenvalue weighted by atomic mass is 9.69. The summed E-state index contributed by atoms with van der Waals surface area (Å²) in [6, 6.07) is 1.85. The van der Waals surface area contributed by atoms with Crippen molar-refractivity contribution in [2.45, 2.75) is 18.9 Å². The van der Waals surface area contributed by atoms with Gasteiger partial charge < -0.3 is 13.9 Å². The van der Waals surface area contributed by atoms with Gasteiger partial charge in [-0.05, 0) is 30.4 Å². The molecule has 0 aromatic carbocycles. The van der Waals surface area contributed by atoms with E-state index in [1.165, 1.54) is 0 Å². The second-order valence-corrected chi connectivity index (χ2v) is 8.11. The van der Waals surface area contributed by atoms with E-state index in [4.69, 9.17) is 13.9 Å². The molecule has 1 unspecified atom stereocenters. The topological polar surface area (TPSA) is 65.7 Å². The van der Waals surface area contributed by atoms with E-state index in [1.807, 2.05) is 12.1 Å². The summed E-state index contributed by atoms with van der Waals surface area (Å²) < 4.78 is 16.5. The van der Waals surface area contributed by atoms with Crippen LogP contribution < -0.4 is 0 Å². The number of cyclic esters (lactones) is 2. The predicted molar refractivity (Wildman–Crippen MR) is 82.8 cm³/mol. The van der Waals surface area contributed by atoms with Gasteiger partial charge in [0.25, 0.3) is 0 Å². The summed E-state index contributed by atoms with van der Waals surface area (Å²) in [6.07, 6.45) is 11.0. The molecular formula is C20H14O5. The number of carbonyl (C=O) groups excluding carboxylic acids is 2. The number of allylic oxidation sites excluding steroid dienone is 2. The molecule has 0 N–H and O–H groups in total. The van der Waals surface area contributed by atoms with E-state index in [-0.39, 0.29) is 28.2 Å². The first-order valence-corrected chi connectivity index (χ1v) is 8.71. The zero-order valence-electron chi connectivity index (χ0n) is 13.3. The maximum Gasteiger partial charge on any atom is 0.339 e. The minimum Gasteiger partial charge on any atom is -0.472 e. The van der Waals surface area contributed by atoms with Gasteiger partial charge in [0.1, 0.15) is 6.61 Å². The lowest BCUT2D eigenvalue weighted by molar-refractivity contribution is -0.140. The van der Waals surface area contributed by atoms with E-state index in [0.29, 0.717) is 18.1 Å². The molecule has 124 valence electrons. The summed E-state index contributed by atoms with van der Waals surface area (Å²) in [5.41, 5.74) is 2.77. The van der Waals surface area contributed by atoms with E-state index in [0.717, 1.165) is 29.6 Å². The molecule has 5 nitrogen and oxygen atoms in total. The molecule has 2 saturated carbocycles. The molecule has 5 heteroatoms. The summed E-state index contributed by atoms with van der Waals surface area (Å²) >= 11 is 0. The molecule has 3 fully saturated rings. The van der Waals surface area contributed by atoms with Crippen LogP contribution in [0, 0.1) is 22.2 Å². The Kier molecular flexibility index (Phi) is 1.73. The number of hydrogen-bond acceptors (Lipinski definition) is 5. The summed E-state index contributed by atoms with van der Waals surface area (Å²) in [4.78, 5) is 24.9. The van der Waals surface area contributed by atoms with E-state index in [9.17, 15) is 9.59 Å². The first-order valence-electron chi connectivity index (χ1n) is 8.71. The highest BCUT2D eigenvalue weighted by Crippen LogP contribution is 2.96. The molecule has 7 aliphatic rings. The molecule has 25 heavy (non-hydrogen) atoms. The van der Waals surface area contributed by atoms with Gasteiger partial charge >= 0.3 is 11.9 Å². The largest absolute Gasteiger partial charge is 0.472 e. The summed E-state index contributed by atoms with van der Waals surface area (Å²) in [6.45, 7) is 0.414. The molecule has 4 bridgehead atoms. The Labute approximate surface area is 143 Å². The molecule has 8 rings (SSSR count). The zero-order valence-corrected chi connectivity index (χ0v) is 13.3. The number of furan rings is 1. The Hall–Kier alpha value is -2.56. The van der Waals surface area contributed by atoms with Gasteiger partial charge in [0, 0.05) is 22.0 Å². The van der Waals surface area contributed by atoms with Gasteiger partial charge in [-0.2, -0.15) is 0 Å².